The Labute approximate surface area is 149 Å². The van der Waals surface area contributed by atoms with Gasteiger partial charge in [0.25, 0.3) is 5.91 Å². The van der Waals surface area contributed by atoms with Crippen LogP contribution in [0.5, 0.6) is 0 Å². The number of furan rings is 1. The van der Waals surface area contributed by atoms with Gasteiger partial charge < -0.3 is 14.8 Å². The van der Waals surface area contributed by atoms with Crippen LogP contribution in [0.1, 0.15) is 16.1 Å². The summed E-state index contributed by atoms with van der Waals surface area (Å²) in [6.07, 6.45) is 0.160. The summed E-state index contributed by atoms with van der Waals surface area (Å²) in [5.74, 6) is -1.74. The summed E-state index contributed by atoms with van der Waals surface area (Å²) >= 11 is 0. The molecule has 1 unspecified atom stereocenters. The summed E-state index contributed by atoms with van der Waals surface area (Å²) in [6.45, 7) is 0. The summed E-state index contributed by atoms with van der Waals surface area (Å²) in [4.78, 5) is 23.8. The molecule has 0 aliphatic heterocycles. The minimum absolute atomic E-state index is 0.0105. The summed E-state index contributed by atoms with van der Waals surface area (Å²) in [5, 5.41) is 11.8. The third-order valence-corrected chi connectivity index (χ3v) is 3.84. The topological polar surface area (TPSA) is 79.5 Å². The van der Waals surface area contributed by atoms with Gasteiger partial charge >= 0.3 is 5.97 Å². The highest BCUT2D eigenvalue weighted by atomic mass is 19.1. The van der Waals surface area contributed by atoms with Gasteiger partial charge in [-0.1, -0.05) is 30.3 Å². The molecule has 1 amide bonds. The van der Waals surface area contributed by atoms with Crippen LogP contribution < -0.4 is 5.32 Å². The SMILES string of the molecule is O=C(NC(Cc1ccccc1)C(=O)O)c1ccc(-c2ccc(F)cc2)o1. The smallest absolute Gasteiger partial charge is 0.326 e. The third-order valence-electron chi connectivity index (χ3n) is 3.84. The van der Waals surface area contributed by atoms with E-state index < -0.39 is 17.9 Å². The maximum Gasteiger partial charge on any atom is 0.326 e. The highest BCUT2D eigenvalue weighted by molar-refractivity contribution is 5.94. The highest BCUT2D eigenvalue weighted by Gasteiger charge is 2.23. The van der Waals surface area contributed by atoms with Crippen molar-refractivity contribution in [3.05, 3.63) is 83.9 Å². The van der Waals surface area contributed by atoms with Crippen molar-refractivity contribution >= 4 is 11.9 Å². The van der Waals surface area contributed by atoms with Crippen LogP contribution in [-0.2, 0) is 11.2 Å². The van der Waals surface area contributed by atoms with Crippen LogP contribution in [0.15, 0.2) is 71.1 Å². The first-order valence-corrected chi connectivity index (χ1v) is 7.96. The molecule has 0 fully saturated rings. The van der Waals surface area contributed by atoms with Crippen molar-refractivity contribution in [2.45, 2.75) is 12.5 Å². The van der Waals surface area contributed by atoms with E-state index in [0.29, 0.717) is 11.3 Å². The van der Waals surface area contributed by atoms with Gasteiger partial charge in [-0.3, -0.25) is 4.79 Å². The van der Waals surface area contributed by atoms with Gasteiger partial charge in [-0.05, 0) is 42.0 Å². The van der Waals surface area contributed by atoms with Crippen LogP contribution in [0.25, 0.3) is 11.3 Å². The first kappa shape index (κ1) is 17.4. The van der Waals surface area contributed by atoms with Crippen molar-refractivity contribution in [2.75, 3.05) is 0 Å². The molecule has 1 atom stereocenters. The highest BCUT2D eigenvalue weighted by Crippen LogP contribution is 2.22. The van der Waals surface area contributed by atoms with E-state index in [1.165, 1.54) is 30.3 Å². The van der Waals surface area contributed by atoms with Gasteiger partial charge in [-0.25, -0.2) is 9.18 Å². The van der Waals surface area contributed by atoms with E-state index in [1.807, 2.05) is 6.07 Å². The van der Waals surface area contributed by atoms with Crippen molar-refractivity contribution in [1.29, 1.82) is 0 Å². The Morgan fingerprint density at radius 2 is 1.69 bits per heavy atom. The minimum atomic E-state index is -1.13. The number of carboxylic acid groups (broad SMARTS) is 1. The molecule has 2 aromatic carbocycles. The molecule has 0 aliphatic carbocycles. The molecule has 26 heavy (non-hydrogen) atoms. The zero-order valence-electron chi connectivity index (χ0n) is 13.7. The van der Waals surface area contributed by atoms with Crippen molar-refractivity contribution in [1.82, 2.24) is 5.32 Å². The molecule has 2 N–H and O–H groups in total. The molecule has 132 valence electrons. The Balaban J connectivity index is 1.72. The standard InChI is InChI=1S/C20H16FNO4/c21-15-8-6-14(7-9-15)17-10-11-18(26-17)19(23)22-16(20(24)25)12-13-4-2-1-3-5-13/h1-11,16H,12H2,(H,22,23)(H,24,25). The summed E-state index contributed by atoms with van der Waals surface area (Å²) in [5.41, 5.74) is 1.41. The second kappa shape index (κ2) is 7.65. The average Bonchev–Trinajstić information content (AvgIpc) is 3.13. The van der Waals surface area contributed by atoms with Gasteiger partial charge in [0.15, 0.2) is 5.76 Å². The average molecular weight is 353 g/mol. The van der Waals surface area contributed by atoms with Gasteiger partial charge in [0, 0.05) is 12.0 Å². The number of amides is 1. The molecular weight excluding hydrogens is 337 g/mol. The van der Waals surface area contributed by atoms with Gasteiger partial charge in [-0.15, -0.1) is 0 Å². The maximum absolute atomic E-state index is 13.0. The molecule has 6 heteroatoms. The zero-order valence-corrected chi connectivity index (χ0v) is 13.7. The van der Waals surface area contributed by atoms with Crippen LogP contribution in [-0.4, -0.2) is 23.0 Å². The van der Waals surface area contributed by atoms with Gasteiger partial charge in [0.05, 0.1) is 0 Å². The van der Waals surface area contributed by atoms with Crippen LogP contribution in [0, 0.1) is 5.82 Å². The number of carbonyl (C=O) groups excluding carboxylic acids is 1. The number of rotatable bonds is 6. The van der Waals surface area contributed by atoms with Crippen molar-refractivity contribution in [3.8, 4) is 11.3 Å². The number of halogens is 1. The van der Waals surface area contributed by atoms with Crippen molar-refractivity contribution in [3.63, 3.8) is 0 Å². The molecule has 0 saturated carbocycles. The molecule has 0 bridgehead atoms. The van der Waals surface area contributed by atoms with Crippen molar-refractivity contribution in [2.24, 2.45) is 0 Å². The lowest BCUT2D eigenvalue weighted by atomic mass is 10.1. The summed E-state index contributed by atoms with van der Waals surface area (Å²) < 4.78 is 18.5. The second-order valence-corrected chi connectivity index (χ2v) is 5.72. The second-order valence-electron chi connectivity index (χ2n) is 5.72. The normalized spacial score (nSPS) is 11.7. The Bertz CT molecular complexity index is 903. The molecule has 3 rings (SSSR count). The molecule has 0 spiro atoms. The number of carbonyl (C=O) groups is 2. The predicted molar refractivity (Wildman–Crippen MR) is 93.1 cm³/mol. The van der Waals surface area contributed by atoms with E-state index in [-0.39, 0.29) is 18.0 Å². The third kappa shape index (κ3) is 4.16. The van der Waals surface area contributed by atoms with Gasteiger partial charge in [0.1, 0.15) is 17.6 Å². The lowest BCUT2D eigenvalue weighted by Crippen LogP contribution is -2.42. The molecule has 0 aliphatic rings. The van der Waals surface area contributed by atoms with Crippen LogP contribution >= 0.6 is 0 Å². The van der Waals surface area contributed by atoms with E-state index >= 15 is 0 Å². The number of benzene rings is 2. The van der Waals surface area contributed by atoms with Gasteiger partial charge in [-0.2, -0.15) is 0 Å². The zero-order chi connectivity index (χ0) is 18.5. The summed E-state index contributed by atoms with van der Waals surface area (Å²) in [7, 11) is 0. The number of aliphatic carboxylic acids is 1. The Morgan fingerprint density at radius 1 is 1.00 bits per heavy atom. The maximum atomic E-state index is 13.0. The molecule has 5 nitrogen and oxygen atoms in total. The quantitative estimate of drug-likeness (QED) is 0.711. The first-order chi connectivity index (χ1) is 12.5. The lowest BCUT2D eigenvalue weighted by Gasteiger charge is -2.13. The van der Waals surface area contributed by atoms with E-state index in [9.17, 15) is 19.1 Å². The van der Waals surface area contributed by atoms with E-state index in [1.54, 1.807) is 30.3 Å². The Morgan fingerprint density at radius 3 is 2.35 bits per heavy atom. The van der Waals surface area contributed by atoms with Gasteiger partial charge in [0.2, 0.25) is 0 Å². The predicted octanol–water partition coefficient (Wildman–Crippen LogP) is 3.51. The largest absolute Gasteiger partial charge is 0.480 e. The fourth-order valence-electron chi connectivity index (χ4n) is 2.51. The fraction of sp³-hybridized carbons (Fsp3) is 0.100. The molecular formula is C20H16FNO4. The Kier molecular flexibility index (Phi) is 5.12. The molecule has 0 saturated heterocycles. The molecule has 3 aromatic rings. The van der Waals surface area contributed by atoms with E-state index in [4.69, 9.17) is 4.42 Å². The van der Waals surface area contributed by atoms with Crippen LogP contribution in [0.3, 0.4) is 0 Å². The van der Waals surface area contributed by atoms with E-state index in [2.05, 4.69) is 5.32 Å². The molecule has 1 aromatic heterocycles. The molecule has 0 radical (unpaired) electrons. The fourth-order valence-corrected chi connectivity index (χ4v) is 2.51. The first-order valence-electron chi connectivity index (χ1n) is 7.96. The summed E-state index contributed by atoms with van der Waals surface area (Å²) in [6, 6.07) is 16.6. The number of hydrogen-bond donors (Lipinski definition) is 2. The van der Waals surface area contributed by atoms with Crippen molar-refractivity contribution < 1.29 is 23.5 Å². The minimum Gasteiger partial charge on any atom is -0.480 e. The number of hydrogen-bond acceptors (Lipinski definition) is 3. The van der Waals surface area contributed by atoms with Crippen LogP contribution in [0.4, 0.5) is 4.39 Å². The monoisotopic (exact) mass is 353 g/mol. The van der Waals surface area contributed by atoms with Crippen LogP contribution in [0.2, 0.25) is 0 Å². The number of carboxylic acids is 1. The lowest BCUT2D eigenvalue weighted by molar-refractivity contribution is -0.139. The Hall–Kier alpha value is -3.41. The number of nitrogens with one attached hydrogen (secondary N) is 1. The van der Waals surface area contributed by atoms with E-state index in [0.717, 1.165) is 5.56 Å². The molecule has 1 heterocycles.